The second kappa shape index (κ2) is 6.95. The fourth-order valence-corrected chi connectivity index (χ4v) is 2.97. The van der Waals surface area contributed by atoms with Gasteiger partial charge in [-0.3, -0.25) is 4.90 Å². The zero-order chi connectivity index (χ0) is 16.2. The Morgan fingerprint density at radius 1 is 1.45 bits per heavy atom. The van der Waals surface area contributed by atoms with E-state index >= 15 is 0 Å². The highest BCUT2D eigenvalue weighted by Crippen LogP contribution is 2.15. The minimum atomic E-state index is -3.69. The summed E-state index contributed by atoms with van der Waals surface area (Å²) in [5.74, 6) is 0.776. The summed E-state index contributed by atoms with van der Waals surface area (Å²) in [5, 5.41) is 12.2. The molecule has 1 atom stereocenters. The number of benzene rings is 1. The van der Waals surface area contributed by atoms with E-state index in [1.807, 2.05) is 4.90 Å². The van der Waals surface area contributed by atoms with Crippen LogP contribution >= 0.6 is 0 Å². The lowest BCUT2D eigenvalue weighted by molar-refractivity contribution is 0.123. The second-order valence-corrected chi connectivity index (χ2v) is 6.65. The Bertz CT molecular complexity index is 628. The lowest BCUT2D eigenvalue weighted by Crippen LogP contribution is -2.51. The predicted molar refractivity (Wildman–Crippen MR) is 82.0 cm³/mol. The van der Waals surface area contributed by atoms with E-state index in [-0.39, 0.29) is 10.9 Å². The van der Waals surface area contributed by atoms with Gasteiger partial charge in [0.05, 0.1) is 31.4 Å². The number of aliphatic hydroxyl groups is 1. The third-order valence-corrected chi connectivity index (χ3v) is 4.38. The molecule has 2 rings (SSSR count). The van der Waals surface area contributed by atoms with Crippen LogP contribution in [0.1, 0.15) is 6.92 Å². The first-order valence-corrected chi connectivity index (χ1v) is 8.24. The lowest BCUT2D eigenvalue weighted by Gasteiger charge is -2.27. The monoisotopic (exact) mass is 328 g/mol. The van der Waals surface area contributed by atoms with Crippen LogP contribution < -0.4 is 14.8 Å². The molecule has 1 heterocycles. The van der Waals surface area contributed by atoms with Crippen LogP contribution in [-0.2, 0) is 10.0 Å². The number of β-amino-alcohol motifs (C(OH)–C–C–N with tert-alkyl or cyclic N) is 1. The lowest BCUT2D eigenvalue weighted by atomic mass is 10.3. The van der Waals surface area contributed by atoms with Crippen molar-refractivity contribution < 1.29 is 18.3 Å². The molecule has 0 radical (unpaired) electrons. The molecule has 8 nitrogen and oxygen atoms in total. The van der Waals surface area contributed by atoms with Crippen LogP contribution in [0.5, 0.6) is 5.75 Å². The van der Waals surface area contributed by atoms with Crippen LogP contribution in [0, 0.1) is 0 Å². The van der Waals surface area contributed by atoms with Gasteiger partial charge in [0.25, 0.3) is 10.0 Å². The van der Waals surface area contributed by atoms with Crippen molar-refractivity contribution in [3.63, 3.8) is 0 Å². The predicted octanol–water partition coefficient (Wildman–Crippen LogP) is -0.469. The van der Waals surface area contributed by atoms with E-state index in [1.54, 1.807) is 19.1 Å². The molecule has 1 aliphatic rings. The number of nitrogens with one attached hydrogen (secondary N) is 2. The SMILES string of the molecule is COc1ccc(S(=O)(=O)NC2=NCN(CC(C)O)CN2)cc1. The molecule has 0 aromatic heterocycles. The Kier molecular flexibility index (Phi) is 5.22. The summed E-state index contributed by atoms with van der Waals surface area (Å²) in [6.45, 7) is 2.88. The highest BCUT2D eigenvalue weighted by molar-refractivity contribution is 7.90. The molecule has 1 aliphatic heterocycles. The topological polar surface area (TPSA) is 103 Å². The number of hydrogen-bond acceptors (Lipinski definition) is 7. The van der Waals surface area contributed by atoms with Crippen molar-refractivity contribution in [3.8, 4) is 5.75 Å². The number of guanidine groups is 1. The Labute approximate surface area is 129 Å². The van der Waals surface area contributed by atoms with Crippen molar-refractivity contribution in [2.24, 2.45) is 4.99 Å². The molecule has 0 amide bonds. The number of aliphatic hydroxyl groups excluding tert-OH is 1. The number of sulfonamides is 1. The van der Waals surface area contributed by atoms with Gasteiger partial charge in [0.2, 0.25) is 5.96 Å². The Morgan fingerprint density at radius 3 is 2.64 bits per heavy atom. The molecule has 1 aromatic rings. The van der Waals surface area contributed by atoms with Gasteiger partial charge in [-0.25, -0.2) is 18.1 Å². The number of ether oxygens (including phenoxy) is 1. The molecule has 0 spiro atoms. The molecule has 3 N–H and O–H groups in total. The maximum absolute atomic E-state index is 12.2. The van der Waals surface area contributed by atoms with Crippen LogP contribution in [0.25, 0.3) is 0 Å². The molecular formula is C13H20N4O4S. The number of nitrogens with zero attached hydrogens (tertiary/aromatic N) is 2. The Hall–Kier alpha value is -1.84. The van der Waals surface area contributed by atoms with Crippen molar-refractivity contribution in [3.05, 3.63) is 24.3 Å². The molecule has 1 aromatic carbocycles. The summed E-state index contributed by atoms with van der Waals surface area (Å²) in [4.78, 5) is 6.10. The summed E-state index contributed by atoms with van der Waals surface area (Å²) < 4.78 is 31.9. The summed E-state index contributed by atoms with van der Waals surface area (Å²) in [6, 6.07) is 6.08. The Morgan fingerprint density at radius 2 is 2.14 bits per heavy atom. The number of methoxy groups -OCH3 is 1. The Balaban J connectivity index is 2.01. The van der Waals surface area contributed by atoms with Gasteiger partial charge >= 0.3 is 0 Å². The molecule has 0 saturated carbocycles. The smallest absolute Gasteiger partial charge is 0.264 e. The van der Waals surface area contributed by atoms with Gasteiger partial charge in [0.15, 0.2) is 0 Å². The first-order chi connectivity index (χ1) is 10.4. The van der Waals surface area contributed by atoms with E-state index in [4.69, 9.17) is 4.74 Å². The van der Waals surface area contributed by atoms with Crippen LogP contribution in [-0.4, -0.2) is 57.5 Å². The van der Waals surface area contributed by atoms with Crippen molar-refractivity contribution in [1.82, 2.24) is 14.9 Å². The first-order valence-electron chi connectivity index (χ1n) is 6.76. The number of rotatable bonds is 5. The van der Waals surface area contributed by atoms with E-state index in [2.05, 4.69) is 15.0 Å². The third-order valence-electron chi connectivity index (χ3n) is 3.02. The molecule has 0 bridgehead atoms. The minimum absolute atomic E-state index is 0.129. The van der Waals surface area contributed by atoms with Gasteiger partial charge in [0.1, 0.15) is 5.75 Å². The van der Waals surface area contributed by atoms with Gasteiger partial charge in [-0.15, -0.1) is 0 Å². The van der Waals surface area contributed by atoms with E-state index in [9.17, 15) is 13.5 Å². The summed E-state index contributed by atoms with van der Waals surface area (Å²) in [5.41, 5.74) is 0. The van der Waals surface area contributed by atoms with E-state index in [0.29, 0.717) is 25.6 Å². The normalized spacial score (nSPS) is 17.3. The van der Waals surface area contributed by atoms with Crippen LogP contribution in [0.15, 0.2) is 34.2 Å². The largest absolute Gasteiger partial charge is 0.497 e. The van der Waals surface area contributed by atoms with Gasteiger partial charge < -0.3 is 15.2 Å². The van der Waals surface area contributed by atoms with Crippen LogP contribution in [0.2, 0.25) is 0 Å². The van der Waals surface area contributed by atoms with Gasteiger partial charge in [-0.1, -0.05) is 0 Å². The van der Waals surface area contributed by atoms with Gasteiger partial charge in [-0.05, 0) is 31.2 Å². The fraction of sp³-hybridized carbons (Fsp3) is 0.462. The van der Waals surface area contributed by atoms with Crippen molar-refractivity contribution in [2.45, 2.75) is 17.9 Å². The fourth-order valence-electron chi connectivity index (χ4n) is 1.97. The first kappa shape index (κ1) is 16.5. The number of hydrogen-bond donors (Lipinski definition) is 3. The molecule has 0 fully saturated rings. The molecule has 1 unspecified atom stereocenters. The summed E-state index contributed by atoms with van der Waals surface area (Å²) >= 11 is 0. The highest BCUT2D eigenvalue weighted by atomic mass is 32.2. The second-order valence-electron chi connectivity index (χ2n) is 4.97. The van der Waals surface area contributed by atoms with E-state index in [1.165, 1.54) is 19.2 Å². The van der Waals surface area contributed by atoms with Crippen LogP contribution in [0.4, 0.5) is 0 Å². The third kappa shape index (κ3) is 4.33. The summed E-state index contributed by atoms with van der Waals surface area (Å²) in [6.07, 6.45) is -0.463. The van der Waals surface area contributed by atoms with Gasteiger partial charge in [0, 0.05) is 6.54 Å². The standard InChI is InChI=1S/C13H20N4O4S/c1-10(18)7-17-8-14-13(15-9-17)16-22(19,20)12-5-3-11(21-2)4-6-12/h3-6,10,18H,7-9H2,1-2H3,(H2,14,15,16). The van der Waals surface area contributed by atoms with Crippen molar-refractivity contribution in [2.75, 3.05) is 27.0 Å². The molecule has 22 heavy (non-hydrogen) atoms. The molecule has 9 heteroatoms. The molecule has 122 valence electrons. The highest BCUT2D eigenvalue weighted by Gasteiger charge is 2.19. The average molecular weight is 328 g/mol. The van der Waals surface area contributed by atoms with E-state index in [0.717, 1.165) is 0 Å². The maximum Gasteiger partial charge on any atom is 0.264 e. The van der Waals surface area contributed by atoms with Gasteiger partial charge in [-0.2, -0.15) is 0 Å². The zero-order valence-electron chi connectivity index (χ0n) is 12.5. The maximum atomic E-state index is 12.2. The molecule has 0 aliphatic carbocycles. The molecule has 0 saturated heterocycles. The minimum Gasteiger partial charge on any atom is -0.497 e. The van der Waals surface area contributed by atoms with Crippen molar-refractivity contribution in [1.29, 1.82) is 0 Å². The summed E-state index contributed by atoms with van der Waals surface area (Å²) in [7, 11) is -2.18. The van der Waals surface area contributed by atoms with Crippen molar-refractivity contribution >= 4 is 16.0 Å². The number of aliphatic imine (C=N–C) groups is 1. The zero-order valence-corrected chi connectivity index (χ0v) is 13.3. The van der Waals surface area contributed by atoms with Crippen LogP contribution in [0.3, 0.4) is 0 Å². The quantitative estimate of drug-likeness (QED) is 0.675. The molecular weight excluding hydrogens is 308 g/mol. The average Bonchev–Trinajstić information content (AvgIpc) is 2.48. The van der Waals surface area contributed by atoms with E-state index < -0.39 is 16.1 Å².